The molecule has 0 bridgehead atoms. The van der Waals surface area contributed by atoms with Gasteiger partial charge in [-0.15, -0.1) is 0 Å². The molecule has 6 heterocycles. The minimum atomic E-state index is 0.104. The number of fused-ring (bicyclic) bond motifs is 15. The van der Waals surface area contributed by atoms with Crippen molar-refractivity contribution >= 4 is 89.8 Å². The molecule has 4 aliphatic rings. The number of para-hydroxylation sites is 4. The van der Waals surface area contributed by atoms with Crippen molar-refractivity contribution in [3.63, 3.8) is 0 Å². The normalized spacial score (nSPS) is 14.1. The minimum absolute atomic E-state index is 0.104. The van der Waals surface area contributed by atoms with Crippen LogP contribution in [0.25, 0.3) is 55.0 Å². The lowest BCUT2D eigenvalue weighted by Gasteiger charge is -2.33. The summed E-state index contributed by atoms with van der Waals surface area (Å²) < 4.78 is 18.2. The maximum Gasteiger partial charge on any atom is 0.256 e. The van der Waals surface area contributed by atoms with Crippen LogP contribution in [-0.2, 0) is 0 Å². The Morgan fingerprint density at radius 2 is 0.875 bits per heavy atom. The molecule has 0 amide bonds. The first-order chi connectivity index (χ1) is 23.8. The topological polar surface area (TPSA) is 28.3 Å². The monoisotopic (exact) mass is 608 g/mol. The SMILES string of the molecule is c1ccc2c(c1)Oc1cccc3c1B2c1cccc2c4c(ccc5c6cccc7c6n(c54)-c4cccc5c4B7c4ccccc4O5)n-3c12. The van der Waals surface area contributed by atoms with Crippen molar-refractivity contribution < 1.29 is 9.47 Å². The molecule has 48 heavy (non-hydrogen) atoms. The first kappa shape index (κ1) is 24.1. The Hall–Kier alpha value is -6.13. The summed E-state index contributed by atoms with van der Waals surface area (Å²) in [5, 5.41) is 5.13. The Kier molecular flexibility index (Phi) is 4.04. The van der Waals surface area contributed by atoms with Crippen molar-refractivity contribution in [1.29, 1.82) is 0 Å². The van der Waals surface area contributed by atoms with Gasteiger partial charge in [-0.25, -0.2) is 0 Å². The lowest BCUT2D eigenvalue weighted by molar-refractivity contribution is 0.487. The fourth-order valence-electron chi connectivity index (χ4n) is 9.74. The minimum Gasteiger partial charge on any atom is -0.458 e. The second-order valence-electron chi connectivity index (χ2n) is 13.5. The zero-order chi connectivity index (χ0) is 30.8. The Balaban J connectivity index is 1.24. The number of aromatic nitrogens is 2. The van der Waals surface area contributed by atoms with Crippen LogP contribution in [0.15, 0.2) is 133 Å². The molecule has 4 aliphatic heterocycles. The van der Waals surface area contributed by atoms with E-state index in [1.54, 1.807) is 0 Å². The predicted octanol–water partition coefficient (Wildman–Crippen LogP) is 5.75. The van der Waals surface area contributed by atoms with Gasteiger partial charge in [-0.1, -0.05) is 91.0 Å². The number of nitrogens with zero attached hydrogens (tertiary/aromatic N) is 2. The summed E-state index contributed by atoms with van der Waals surface area (Å²) in [6, 6.07) is 48.6. The highest BCUT2D eigenvalue weighted by atomic mass is 16.5. The van der Waals surface area contributed by atoms with Crippen molar-refractivity contribution in [2.75, 3.05) is 0 Å². The van der Waals surface area contributed by atoms with E-state index in [2.05, 4.69) is 143 Å². The van der Waals surface area contributed by atoms with E-state index in [1.165, 1.54) is 87.8 Å². The fourth-order valence-corrected chi connectivity index (χ4v) is 9.74. The summed E-state index contributed by atoms with van der Waals surface area (Å²) in [7, 11) is 0. The molecule has 4 nitrogen and oxygen atoms in total. The average Bonchev–Trinajstić information content (AvgIpc) is 3.66. The van der Waals surface area contributed by atoms with Crippen LogP contribution < -0.4 is 42.3 Å². The van der Waals surface area contributed by atoms with Crippen LogP contribution in [0.4, 0.5) is 0 Å². The highest BCUT2D eigenvalue weighted by molar-refractivity contribution is 7.00. The van der Waals surface area contributed by atoms with Crippen LogP contribution >= 0.6 is 0 Å². The second kappa shape index (κ2) is 8.04. The van der Waals surface area contributed by atoms with Gasteiger partial charge >= 0.3 is 0 Å². The highest BCUT2D eigenvalue weighted by Gasteiger charge is 2.42. The molecule has 6 heteroatoms. The molecule has 0 unspecified atom stereocenters. The van der Waals surface area contributed by atoms with E-state index in [0.29, 0.717) is 0 Å². The third-order valence-electron chi connectivity index (χ3n) is 11.4. The first-order valence-corrected chi connectivity index (χ1v) is 16.7. The molecule has 0 atom stereocenters. The van der Waals surface area contributed by atoms with Crippen LogP contribution in [0.5, 0.6) is 23.0 Å². The van der Waals surface area contributed by atoms with Gasteiger partial charge < -0.3 is 18.6 Å². The summed E-state index contributed by atoms with van der Waals surface area (Å²) in [5.41, 5.74) is 15.0. The summed E-state index contributed by atoms with van der Waals surface area (Å²) >= 11 is 0. The van der Waals surface area contributed by atoms with Crippen LogP contribution in [0.1, 0.15) is 0 Å². The molecular formula is C42H22B2N2O2. The fraction of sp³-hybridized carbons (Fsp3) is 0. The zero-order valence-corrected chi connectivity index (χ0v) is 25.6. The molecule has 218 valence electrons. The van der Waals surface area contributed by atoms with Gasteiger partial charge in [-0.05, 0) is 75.2 Å². The molecule has 0 saturated carbocycles. The third-order valence-corrected chi connectivity index (χ3v) is 11.4. The molecule has 13 rings (SSSR count). The summed E-state index contributed by atoms with van der Waals surface area (Å²) in [6.45, 7) is 0.215. The molecule has 0 fully saturated rings. The van der Waals surface area contributed by atoms with Crippen LogP contribution in [0.2, 0.25) is 0 Å². The number of hydrogen-bond donors (Lipinski definition) is 0. The van der Waals surface area contributed by atoms with E-state index >= 15 is 0 Å². The van der Waals surface area contributed by atoms with Gasteiger partial charge in [0.05, 0.1) is 11.0 Å². The Morgan fingerprint density at radius 1 is 0.375 bits per heavy atom. The molecule has 0 spiro atoms. The van der Waals surface area contributed by atoms with Gasteiger partial charge in [0.1, 0.15) is 23.0 Å². The number of benzene rings is 7. The molecule has 2 aromatic heterocycles. The van der Waals surface area contributed by atoms with Crippen molar-refractivity contribution in [1.82, 2.24) is 9.13 Å². The van der Waals surface area contributed by atoms with Gasteiger partial charge in [0, 0.05) is 44.0 Å². The average molecular weight is 608 g/mol. The molecule has 9 aromatic rings. The maximum absolute atomic E-state index is 6.61. The molecule has 0 N–H and O–H groups in total. The van der Waals surface area contributed by atoms with Crippen molar-refractivity contribution in [3.8, 4) is 34.4 Å². The molecule has 7 aromatic carbocycles. The Labute approximate surface area is 275 Å². The van der Waals surface area contributed by atoms with Gasteiger partial charge in [-0.3, -0.25) is 0 Å². The quantitative estimate of drug-likeness (QED) is 0.205. The highest BCUT2D eigenvalue weighted by Crippen LogP contribution is 2.44. The van der Waals surface area contributed by atoms with Crippen molar-refractivity contribution in [3.05, 3.63) is 133 Å². The van der Waals surface area contributed by atoms with E-state index in [1.807, 2.05) is 0 Å². The zero-order valence-electron chi connectivity index (χ0n) is 25.6. The van der Waals surface area contributed by atoms with E-state index in [0.717, 1.165) is 23.0 Å². The summed E-state index contributed by atoms with van der Waals surface area (Å²) in [5.74, 6) is 3.77. The van der Waals surface area contributed by atoms with E-state index in [-0.39, 0.29) is 13.4 Å². The Bertz CT molecular complexity index is 2990. The van der Waals surface area contributed by atoms with E-state index in [9.17, 15) is 0 Å². The lowest BCUT2D eigenvalue weighted by Crippen LogP contribution is -2.58. The summed E-state index contributed by atoms with van der Waals surface area (Å²) in [6.07, 6.45) is 0. The standard InChI is InChI=1S/C42H22B2N2O2/c1-3-17-33-26(11-1)43-28-13-5-9-23-24-21-22-30-37(42(24)46(40(23)28)32-16-8-20-36(48-33)39(32)43)25-10-6-14-29-41(25)45(30)31-15-7-19-35-38(31)44(29)27-12-2-4-18-34(27)47-35/h1-22H. The van der Waals surface area contributed by atoms with Gasteiger partial charge in [0.15, 0.2) is 0 Å². The first-order valence-electron chi connectivity index (χ1n) is 16.7. The van der Waals surface area contributed by atoms with E-state index in [4.69, 9.17) is 9.47 Å². The smallest absolute Gasteiger partial charge is 0.256 e. The van der Waals surface area contributed by atoms with Gasteiger partial charge in [0.25, 0.3) is 13.4 Å². The number of hydrogen-bond acceptors (Lipinski definition) is 2. The number of ether oxygens (including phenoxy) is 2. The number of rotatable bonds is 0. The maximum atomic E-state index is 6.61. The molecule has 0 radical (unpaired) electrons. The van der Waals surface area contributed by atoms with E-state index < -0.39 is 0 Å². The van der Waals surface area contributed by atoms with Crippen LogP contribution in [0, 0.1) is 0 Å². The molecule has 0 aliphatic carbocycles. The van der Waals surface area contributed by atoms with Crippen LogP contribution in [-0.4, -0.2) is 22.6 Å². The molecule has 0 saturated heterocycles. The Morgan fingerprint density at radius 3 is 1.54 bits per heavy atom. The lowest BCUT2D eigenvalue weighted by atomic mass is 9.34. The second-order valence-corrected chi connectivity index (χ2v) is 13.5. The van der Waals surface area contributed by atoms with Crippen LogP contribution in [0.3, 0.4) is 0 Å². The summed E-state index contributed by atoms with van der Waals surface area (Å²) in [4.78, 5) is 0. The predicted molar refractivity (Wildman–Crippen MR) is 197 cm³/mol. The van der Waals surface area contributed by atoms with Gasteiger partial charge in [0.2, 0.25) is 0 Å². The van der Waals surface area contributed by atoms with Crippen molar-refractivity contribution in [2.45, 2.75) is 0 Å². The van der Waals surface area contributed by atoms with Gasteiger partial charge in [-0.2, -0.15) is 0 Å². The largest absolute Gasteiger partial charge is 0.458 e. The van der Waals surface area contributed by atoms with Crippen molar-refractivity contribution in [2.24, 2.45) is 0 Å². The molecular weight excluding hydrogens is 586 g/mol. The third kappa shape index (κ3) is 2.58.